The van der Waals surface area contributed by atoms with Gasteiger partial charge in [0.2, 0.25) is 0 Å². The molecule has 23 heavy (non-hydrogen) atoms. The third-order valence-corrected chi connectivity index (χ3v) is 3.32. The Kier molecular flexibility index (Phi) is 4.95. The Morgan fingerprint density at radius 2 is 2.00 bits per heavy atom. The van der Waals surface area contributed by atoms with Gasteiger partial charge in [-0.05, 0) is 24.1 Å². The first-order valence-corrected chi connectivity index (χ1v) is 7.14. The highest BCUT2D eigenvalue weighted by atomic mass is 16.5. The molecule has 0 saturated carbocycles. The number of hydrogen-bond donors (Lipinski definition) is 3. The van der Waals surface area contributed by atoms with Crippen LogP contribution in [0.15, 0.2) is 23.0 Å². The van der Waals surface area contributed by atoms with Crippen LogP contribution in [0.1, 0.15) is 13.3 Å². The van der Waals surface area contributed by atoms with Crippen LogP contribution < -0.4 is 26.1 Å². The van der Waals surface area contributed by atoms with Crippen molar-refractivity contribution in [3.8, 4) is 22.6 Å². The molecule has 0 aliphatic carbocycles. The number of nitrogen functional groups attached to an aromatic ring is 1. The van der Waals surface area contributed by atoms with Gasteiger partial charge in [-0.2, -0.15) is 4.68 Å². The fraction of sp³-hybridized carbons (Fsp3) is 0.333. The fourth-order valence-corrected chi connectivity index (χ4v) is 2.18. The number of rotatable bonds is 5. The standard InChI is InChI=1S/C15H20N4O4/c1-4-7-17-15(21)19-14(20)12(13(16)18-19)9-5-6-10(22-2)11(8-9)23-3/h5-6,8,18H,4,7,16H2,1-3H3,(H,17,21). The van der Waals surface area contributed by atoms with Crippen molar-refractivity contribution in [2.75, 3.05) is 26.5 Å². The predicted molar refractivity (Wildman–Crippen MR) is 87.1 cm³/mol. The average molecular weight is 320 g/mol. The van der Waals surface area contributed by atoms with E-state index in [1.165, 1.54) is 14.2 Å². The predicted octanol–water partition coefficient (Wildman–Crippen LogP) is 1.41. The van der Waals surface area contributed by atoms with E-state index in [4.69, 9.17) is 15.2 Å². The smallest absolute Gasteiger partial charge is 0.343 e. The molecule has 8 nitrogen and oxygen atoms in total. The first-order valence-electron chi connectivity index (χ1n) is 7.14. The van der Waals surface area contributed by atoms with Crippen LogP contribution in [-0.2, 0) is 0 Å². The minimum Gasteiger partial charge on any atom is -0.493 e. The van der Waals surface area contributed by atoms with Gasteiger partial charge in [0.05, 0.1) is 19.8 Å². The summed E-state index contributed by atoms with van der Waals surface area (Å²) < 4.78 is 11.2. The quantitative estimate of drug-likeness (QED) is 0.771. The first kappa shape index (κ1) is 16.5. The number of anilines is 1. The molecule has 1 aromatic heterocycles. The zero-order valence-corrected chi connectivity index (χ0v) is 13.3. The molecule has 124 valence electrons. The molecular weight excluding hydrogens is 300 g/mol. The van der Waals surface area contributed by atoms with E-state index in [9.17, 15) is 9.59 Å². The molecule has 0 bridgehead atoms. The summed E-state index contributed by atoms with van der Waals surface area (Å²) in [7, 11) is 3.02. The number of nitrogens with two attached hydrogens (primary N) is 1. The SMILES string of the molecule is CCCNC(=O)n1[nH]c(N)c(-c2ccc(OC)c(OC)c2)c1=O. The Bertz CT molecular complexity index is 763. The van der Waals surface area contributed by atoms with Gasteiger partial charge < -0.3 is 20.5 Å². The van der Waals surface area contributed by atoms with Crippen LogP contribution in [0.2, 0.25) is 0 Å². The van der Waals surface area contributed by atoms with Crippen LogP contribution in [0.3, 0.4) is 0 Å². The Labute approximate surface area is 133 Å². The number of H-pyrrole nitrogens is 1. The van der Waals surface area contributed by atoms with Gasteiger partial charge in [-0.3, -0.25) is 9.89 Å². The van der Waals surface area contributed by atoms with E-state index in [0.29, 0.717) is 23.6 Å². The lowest BCUT2D eigenvalue weighted by atomic mass is 10.1. The van der Waals surface area contributed by atoms with Crippen LogP contribution in [0.25, 0.3) is 11.1 Å². The summed E-state index contributed by atoms with van der Waals surface area (Å²) in [4.78, 5) is 24.4. The molecule has 0 aliphatic rings. The number of aromatic nitrogens is 2. The Morgan fingerprint density at radius 3 is 2.61 bits per heavy atom. The summed E-state index contributed by atoms with van der Waals surface area (Å²) in [6, 6.07) is 4.43. The summed E-state index contributed by atoms with van der Waals surface area (Å²) >= 11 is 0. The van der Waals surface area contributed by atoms with Crippen molar-refractivity contribution in [3.63, 3.8) is 0 Å². The molecule has 1 aromatic carbocycles. The fourth-order valence-electron chi connectivity index (χ4n) is 2.18. The third-order valence-electron chi connectivity index (χ3n) is 3.32. The first-order chi connectivity index (χ1) is 11.0. The monoisotopic (exact) mass is 320 g/mol. The van der Waals surface area contributed by atoms with Crippen molar-refractivity contribution in [3.05, 3.63) is 28.6 Å². The van der Waals surface area contributed by atoms with E-state index in [2.05, 4.69) is 10.4 Å². The van der Waals surface area contributed by atoms with E-state index in [1.807, 2.05) is 6.92 Å². The second kappa shape index (κ2) is 6.91. The number of carbonyl (C=O) groups excluding carboxylic acids is 1. The van der Waals surface area contributed by atoms with Gasteiger partial charge in [0.25, 0.3) is 5.56 Å². The molecule has 8 heteroatoms. The molecular formula is C15H20N4O4. The van der Waals surface area contributed by atoms with Crippen LogP contribution in [0.4, 0.5) is 10.6 Å². The molecule has 0 spiro atoms. The van der Waals surface area contributed by atoms with Crippen molar-refractivity contribution >= 4 is 11.8 Å². The minimum absolute atomic E-state index is 0.105. The van der Waals surface area contributed by atoms with Gasteiger partial charge in [-0.25, -0.2) is 4.79 Å². The Hall–Kier alpha value is -2.90. The topological polar surface area (TPSA) is 111 Å². The van der Waals surface area contributed by atoms with E-state index in [-0.39, 0.29) is 11.4 Å². The van der Waals surface area contributed by atoms with E-state index in [0.717, 1.165) is 11.1 Å². The molecule has 2 aromatic rings. The van der Waals surface area contributed by atoms with Crippen molar-refractivity contribution in [2.45, 2.75) is 13.3 Å². The van der Waals surface area contributed by atoms with Crippen LogP contribution >= 0.6 is 0 Å². The normalized spacial score (nSPS) is 10.4. The summed E-state index contributed by atoms with van der Waals surface area (Å²) in [5.41, 5.74) is 6.09. The van der Waals surface area contributed by atoms with Crippen LogP contribution in [0.5, 0.6) is 11.5 Å². The van der Waals surface area contributed by atoms with Crippen molar-refractivity contribution < 1.29 is 14.3 Å². The summed E-state index contributed by atoms with van der Waals surface area (Å²) in [6.45, 7) is 2.39. The number of hydrogen-bond acceptors (Lipinski definition) is 5. The number of carbonyl (C=O) groups is 1. The summed E-state index contributed by atoms with van der Waals surface area (Å²) in [5, 5.41) is 5.20. The average Bonchev–Trinajstić information content (AvgIpc) is 2.86. The highest BCUT2D eigenvalue weighted by Gasteiger charge is 2.19. The zero-order valence-electron chi connectivity index (χ0n) is 13.3. The zero-order chi connectivity index (χ0) is 17.0. The number of methoxy groups -OCH3 is 2. The maximum atomic E-state index is 12.5. The second-order valence-electron chi connectivity index (χ2n) is 4.84. The van der Waals surface area contributed by atoms with Gasteiger partial charge in [0, 0.05) is 6.54 Å². The number of nitrogens with one attached hydrogen (secondary N) is 2. The lowest BCUT2D eigenvalue weighted by Crippen LogP contribution is -2.36. The number of aromatic amines is 1. The van der Waals surface area contributed by atoms with Gasteiger partial charge in [-0.1, -0.05) is 13.0 Å². The second-order valence-corrected chi connectivity index (χ2v) is 4.84. The molecule has 0 unspecified atom stereocenters. The molecule has 0 saturated heterocycles. The molecule has 0 radical (unpaired) electrons. The molecule has 4 N–H and O–H groups in total. The Morgan fingerprint density at radius 1 is 1.30 bits per heavy atom. The lowest BCUT2D eigenvalue weighted by Gasteiger charge is -2.08. The molecule has 1 heterocycles. The van der Waals surface area contributed by atoms with Crippen molar-refractivity contribution in [1.82, 2.24) is 15.1 Å². The van der Waals surface area contributed by atoms with Crippen LogP contribution in [0, 0.1) is 0 Å². The van der Waals surface area contributed by atoms with Crippen LogP contribution in [-0.4, -0.2) is 36.6 Å². The highest BCUT2D eigenvalue weighted by molar-refractivity contribution is 5.81. The summed E-state index contributed by atoms with van der Waals surface area (Å²) in [6.07, 6.45) is 0.763. The number of nitrogens with zero attached hydrogens (tertiary/aromatic N) is 1. The van der Waals surface area contributed by atoms with Gasteiger partial charge in [0.15, 0.2) is 11.5 Å². The molecule has 0 atom stereocenters. The van der Waals surface area contributed by atoms with E-state index >= 15 is 0 Å². The number of ether oxygens (including phenoxy) is 2. The highest BCUT2D eigenvalue weighted by Crippen LogP contribution is 2.32. The third kappa shape index (κ3) is 3.15. The number of amides is 1. The molecule has 0 fully saturated rings. The molecule has 2 rings (SSSR count). The molecule has 1 amide bonds. The largest absolute Gasteiger partial charge is 0.493 e. The maximum Gasteiger partial charge on any atom is 0.343 e. The van der Waals surface area contributed by atoms with Gasteiger partial charge in [0.1, 0.15) is 5.82 Å². The van der Waals surface area contributed by atoms with Crippen molar-refractivity contribution in [1.29, 1.82) is 0 Å². The van der Waals surface area contributed by atoms with Crippen molar-refractivity contribution in [2.24, 2.45) is 0 Å². The van der Waals surface area contributed by atoms with Gasteiger partial charge >= 0.3 is 6.03 Å². The minimum atomic E-state index is -0.546. The lowest BCUT2D eigenvalue weighted by molar-refractivity contribution is 0.239. The van der Waals surface area contributed by atoms with E-state index in [1.54, 1.807) is 18.2 Å². The maximum absolute atomic E-state index is 12.5. The molecule has 0 aliphatic heterocycles. The number of benzene rings is 1. The van der Waals surface area contributed by atoms with E-state index < -0.39 is 11.6 Å². The summed E-state index contributed by atoms with van der Waals surface area (Å²) in [5.74, 6) is 1.10. The Balaban J connectivity index is 2.47. The van der Waals surface area contributed by atoms with Gasteiger partial charge in [-0.15, -0.1) is 0 Å².